The van der Waals surface area contributed by atoms with E-state index in [2.05, 4.69) is 9.67 Å². The van der Waals surface area contributed by atoms with Crippen LogP contribution in [-0.2, 0) is 6.54 Å². The van der Waals surface area contributed by atoms with E-state index in [1.807, 2.05) is 65.4 Å². The van der Waals surface area contributed by atoms with Crippen LogP contribution in [0.3, 0.4) is 0 Å². The molecule has 2 fully saturated rings. The Kier molecular flexibility index (Phi) is 5.15. The average molecular weight is 511 g/mol. The number of aromatic hydroxyl groups is 1. The smallest absolute Gasteiger partial charge is 0.254 e. The fourth-order valence-corrected chi connectivity index (χ4v) is 5.98. The molecule has 4 aromatic rings. The Hall–Kier alpha value is -4.07. The number of carbonyl (C=O) groups is 2. The summed E-state index contributed by atoms with van der Waals surface area (Å²) >= 11 is 0. The quantitative estimate of drug-likeness (QED) is 0.407. The van der Waals surface area contributed by atoms with Gasteiger partial charge in [0.05, 0.1) is 23.7 Å². The highest BCUT2D eigenvalue weighted by Gasteiger charge is 2.44. The Morgan fingerprint density at radius 2 is 1.95 bits per heavy atom. The number of rotatable bonds is 4. The van der Waals surface area contributed by atoms with Crippen LogP contribution in [0.5, 0.6) is 11.5 Å². The van der Waals surface area contributed by atoms with Gasteiger partial charge >= 0.3 is 0 Å². The molecule has 1 aliphatic carbocycles. The SMILES string of the molecule is CCn1cc(-c2ccc3c(c2)C(=O)CC2(CCN(C(=O)c4cc(O)c5ccn(C6CC6)c5c4)CC2)O3)cn1. The minimum atomic E-state index is -0.595. The first-order valence-corrected chi connectivity index (χ1v) is 13.4. The van der Waals surface area contributed by atoms with E-state index in [1.165, 1.54) is 0 Å². The molecular formula is C30H30N4O4. The van der Waals surface area contributed by atoms with Crippen LogP contribution in [0, 0.1) is 0 Å². The molecule has 194 valence electrons. The van der Waals surface area contributed by atoms with E-state index in [9.17, 15) is 14.7 Å². The number of nitrogens with zero attached hydrogens (tertiary/aromatic N) is 4. The number of amides is 1. The van der Waals surface area contributed by atoms with Gasteiger partial charge in [-0.05, 0) is 55.7 Å². The normalized spacial score (nSPS) is 18.6. The van der Waals surface area contributed by atoms with Crippen molar-refractivity contribution in [2.24, 2.45) is 0 Å². The predicted octanol–water partition coefficient (Wildman–Crippen LogP) is 5.21. The summed E-state index contributed by atoms with van der Waals surface area (Å²) in [6, 6.07) is 11.6. The number of carbonyl (C=O) groups excluding carboxylic acids is 2. The molecule has 38 heavy (non-hydrogen) atoms. The van der Waals surface area contributed by atoms with E-state index in [0.29, 0.717) is 55.3 Å². The number of hydrogen-bond donors (Lipinski definition) is 1. The second kappa shape index (κ2) is 8.48. The molecule has 1 saturated heterocycles. The van der Waals surface area contributed by atoms with Crippen LogP contribution < -0.4 is 4.74 Å². The number of Topliss-reactive ketones (excluding diaryl/α,β-unsaturated/α-hetero) is 1. The minimum absolute atomic E-state index is 0.0759. The molecule has 1 amide bonds. The van der Waals surface area contributed by atoms with Crippen molar-refractivity contribution >= 4 is 22.6 Å². The van der Waals surface area contributed by atoms with Gasteiger partial charge in [-0.25, -0.2) is 0 Å². The molecule has 7 rings (SSSR count). The van der Waals surface area contributed by atoms with E-state index in [0.717, 1.165) is 41.4 Å². The van der Waals surface area contributed by atoms with Gasteiger partial charge in [-0.3, -0.25) is 14.3 Å². The van der Waals surface area contributed by atoms with Gasteiger partial charge in [-0.15, -0.1) is 0 Å². The lowest BCUT2D eigenvalue weighted by atomic mass is 9.82. The Balaban J connectivity index is 1.08. The number of aryl methyl sites for hydroxylation is 1. The number of hydrogen-bond acceptors (Lipinski definition) is 5. The summed E-state index contributed by atoms with van der Waals surface area (Å²) < 4.78 is 10.5. The number of ether oxygens (including phenoxy) is 1. The molecule has 1 spiro atoms. The summed E-state index contributed by atoms with van der Waals surface area (Å²) in [7, 11) is 0. The highest BCUT2D eigenvalue weighted by atomic mass is 16.5. The summed E-state index contributed by atoms with van der Waals surface area (Å²) in [5.41, 5.74) is 3.34. The van der Waals surface area contributed by atoms with Crippen molar-refractivity contribution in [1.29, 1.82) is 0 Å². The van der Waals surface area contributed by atoms with Gasteiger partial charge in [-0.2, -0.15) is 5.10 Å². The Bertz CT molecular complexity index is 1590. The topological polar surface area (TPSA) is 89.6 Å². The molecule has 4 heterocycles. The second-order valence-corrected chi connectivity index (χ2v) is 10.9. The van der Waals surface area contributed by atoms with E-state index < -0.39 is 5.60 Å². The highest BCUT2D eigenvalue weighted by molar-refractivity contribution is 6.02. The number of piperidine rings is 1. The molecule has 3 aliphatic rings. The average Bonchev–Trinajstić information content (AvgIpc) is 3.48. The zero-order valence-corrected chi connectivity index (χ0v) is 21.4. The van der Waals surface area contributed by atoms with Gasteiger partial charge in [0.15, 0.2) is 5.78 Å². The van der Waals surface area contributed by atoms with Crippen LogP contribution in [0.15, 0.2) is 55.0 Å². The fourth-order valence-electron chi connectivity index (χ4n) is 5.98. The molecule has 2 aromatic heterocycles. The maximum absolute atomic E-state index is 13.4. The van der Waals surface area contributed by atoms with E-state index >= 15 is 0 Å². The summed E-state index contributed by atoms with van der Waals surface area (Å²) in [6.45, 7) is 3.82. The minimum Gasteiger partial charge on any atom is -0.507 e. The third-order valence-corrected chi connectivity index (χ3v) is 8.35. The van der Waals surface area contributed by atoms with Crippen molar-refractivity contribution in [3.05, 3.63) is 66.1 Å². The van der Waals surface area contributed by atoms with Crippen molar-refractivity contribution in [3.63, 3.8) is 0 Å². The molecule has 0 atom stereocenters. The van der Waals surface area contributed by atoms with Crippen LogP contribution >= 0.6 is 0 Å². The standard InChI is InChI=1S/C30H30N4O4/c1-2-33-18-21(17-31-33)19-3-6-28-24(13-19)27(36)16-30(38-28)8-11-32(12-9-30)29(37)20-14-25-23(26(35)15-20)7-10-34(25)22-4-5-22/h3,6-7,10,13-15,17-18,22,35H,2,4-5,8-9,11-12,16H2,1H3. The number of likely N-dealkylation sites (tertiary alicyclic amines) is 1. The Labute approximate surface area is 220 Å². The zero-order chi connectivity index (χ0) is 26.0. The van der Waals surface area contributed by atoms with Gasteiger partial charge in [-0.1, -0.05) is 6.07 Å². The Morgan fingerprint density at radius 1 is 1.13 bits per heavy atom. The van der Waals surface area contributed by atoms with Gasteiger partial charge in [0, 0.05) is 67.4 Å². The van der Waals surface area contributed by atoms with Crippen LogP contribution in [0.4, 0.5) is 0 Å². The van der Waals surface area contributed by atoms with Gasteiger partial charge < -0.3 is 19.3 Å². The molecule has 1 saturated carbocycles. The number of phenolic OH excluding ortho intramolecular Hbond substituents is 1. The molecule has 0 unspecified atom stereocenters. The summed E-state index contributed by atoms with van der Waals surface area (Å²) in [4.78, 5) is 28.5. The van der Waals surface area contributed by atoms with Crippen molar-refractivity contribution in [2.75, 3.05) is 13.1 Å². The molecule has 0 radical (unpaired) electrons. The second-order valence-electron chi connectivity index (χ2n) is 10.9. The van der Waals surface area contributed by atoms with Gasteiger partial charge in [0.1, 0.15) is 17.1 Å². The molecule has 0 bridgehead atoms. The number of phenols is 1. The largest absolute Gasteiger partial charge is 0.507 e. The first-order valence-electron chi connectivity index (χ1n) is 13.4. The van der Waals surface area contributed by atoms with Crippen LogP contribution in [0.2, 0.25) is 0 Å². The zero-order valence-electron chi connectivity index (χ0n) is 21.4. The number of ketones is 1. The van der Waals surface area contributed by atoms with Gasteiger partial charge in [0.2, 0.25) is 0 Å². The van der Waals surface area contributed by atoms with Gasteiger partial charge in [0.25, 0.3) is 5.91 Å². The monoisotopic (exact) mass is 510 g/mol. The number of benzene rings is 2. The summed E-state index contributed by atoms with van der Waals surface area (Å²) in [6.07, 6.45) is 9.52. The molecule has 8 heteroatoms. The van der Waals surface area contributed by atoms with Crippen LogP contribution in [-0.4, -0.2) is 54.7 Å². The first-order chi connectivity index (χ1) is 18.4. The van der Waals surface area contributed by atoms with E-state index in [4.69, 9.17) is 4.74 Å². The van der Waals surface area contributed by atoms with Crippen molar-refractivity contribution in [1.82, 2.24) is 19.2 Å². The van der Waals surface area contributed by atoms with Crippen LogP contribution in [0.1, 0.15) is 65.8 Å². The third-order valence-electron chi connectivity index (χ3n) is 8.35. The maximum Gasteiger partial charge on any atom is 0.254 e. The van der Waals surface area contributed by atoms with E-state index in [1.54, 1.807) is 6.07 Å². The molecule has 2 aromatic carbocycles. The molecule has 1 N–H and O–H groups in total. The maximum atomic E-state index is 13.4. The predicted molar refractivity (Wildman–Crippen MR) is 143 cm³/mol. The number of aromatic nitrogens is 3. The Morgan fingerprint density at radius 3 is 2.68 bits per heavy atom. The van der Waals surface area contributed by atoms with Crippen molar-refractivity contribution in [2.45, 2.75) is 57.2 Å². The molecule has 8 nitrogen and oxygen atoms in total. The third kappa shape index (κ3) is 3.78. The van der Waals surface area contributed by atoms with E-state index in [-0.39, 0.29) is 17.4 Å². The molecule has 2 aliphatic heterocycles. The summed E-state index contributed by atoms with van der Waals surface area (Å²) in [5.74, 6) is 0.731. The molecular weight excluding hydrogens is 480 g/mol. The number of fused-ring (bicyclic) bond motifs is 2. The van der Waals surface area contributed by atoms with Crippen LogP contribution in [0.25, 0.3) is 22.0 Å². The lowest BCUT2D eigenvalue weighted by molar-refractivity contribution is -0.00570. The summed E-state index contributed by atoms with van der Waals surface area (Å²) in [5, 5.41) is 15.7. The fraction of sp³-hybridized carbons (Fsp3) is 0.367. The first kappa shape index (κ1) is 23.1. The van der Waals surface area contributed by atoms with Crippen molar-refractivity contribution < 1.29 is 19.4 Å². The lowest BCUT2D eigenvalue weighted by Crippen LogP contribution is -2.52. The lowest BCUT2D eigenvalue weighted by Gasteiger charge is -2.44. The highest BCUT2D eigenvalue weighted by Crippen LogP contribution is 2.42. The van der Waals surface area contributed by atoms with Crippen molar-refractivity contribution in [3.8, 4) is 22.6 Å².